The molecule has 0 spiro atoms. The minimum atomic E-state index is 0. The second kappa shape index (κ2) is 10.3. The van der Waals surface area contributed by atoms with Crippen LogP contribution >= 0.6 is 24.0 Å². The van der Waals surface area contributed by atoms with Crippen molar-refractivity contribution in [1.82, 2.24) is 15.6 Å². The average Bonchev–Trinajstić information content (AvgIpc) is 3.14. The molecule has 27 heavy (non-hydrogen) atoms. The van der Waals surface area contributed by atoms with Gasteiger partial charge < -0.3 is 20.3 Å². The minimum absolute atomic E-state index is 0. The molecular weight excluding hydrogens is 453 g/mol. The van der Waals surface area contributed by atoms with E-state index in [0.29, 0.717) is 18.5 Å². The van der Waals surface area contributed by atoms with Crippen LogP contribution in [0, 0.1) is 6.92 Å². The maximum absolute atomic E-state index is 5.17. The third-order valence-corrected chi connectivity index (χ3v) is 4.62. The van der Waals surface area contributed by atoms with Crippen LogP contribution in [-0.4, -0.2) is 44.2 Å². The zero-order valence-corrected chi connectivity index (χ0v) is 18.4. The molecule has 0 aliphatic carbocycles. The Kier molecular flexibility index (Phi) is 8.15. The maximum atomic E-state index is 5.17. The molecule has 6 nitrogen and oxygen atoms in total. The lowest BCUT2D eigenvalue weighted by molar-refractivity contribution is 0.397. The van der Waals surface area contributed by atoms with Gasteiger partial charge in [-0.3, -0.25) is 4.99 Å². The molecule has 0 amide bonds. The van der Waals surface area contributed by atoms with Gasteiger partial charge in [-0.05, 0) is 37.1 Å². The summed E-state index contributed by atoms with van der Waals surface area (Å²) in [4.78, 5) is 10.9. The highest BCUT2D eigenvalue weighted by Crippen LogP contribution is 2.20. The maximum Gasteiger partial charge on any atom is 0.213 e. The molecule has 2 aromatic rings. The van der Waals surface area contributed by atoms with Crippen molar-refractivity contribution < 1.29 is 4.74 Å². The highest BCUT2D eigenvalue weighted by atomic mass is 127. The number of anilines is 1. The van der Waals surface area contributed by atoms with E-state index >= 15 is 0 Å². The lowest BCUT2D eigenvalue weighted by atomic mass is 10.2. The summed E-state index contributed by atoms with van der Waals surface area (Å²) in [5.74, 6) is 1.44. The van der Waals surface area contributed by atoms with E-state index < -0.39 is 0 Å². The molecule has 1 aliphatic rings. The first-order valence-electron chi connectivity index (χ1n) is 8.95. The van der Waals surface area contributed by atoms with Crippen molar-refractivity contribution in [3.63, 3.8) is 0 Å². The Morgan fingerprint density at radius 3 is 2.78 bits per heavy atom. The van der Waals surface area contributed by atoms with Crippen LogP contribution in [0.2, 0.25) is 0 Å². The standard InChI is InChI=1S/C20H27N5O.HI/c1-15-4-6-18(7-5-15)25-11-9-17(14-25)24-20(21-2)23-13-16-8-10-22-19(12-16)26-3;/h4-8,10,12,17H,9,11,13-14H2,1-3H3,(H2,21,23,24);1H. The van der Waals surface area contributed by atoms with Gasteiger partial charge in [0.05, 0.1) is 7.11 Å². The van der Waals surface area contributed by atoms with E-state index in [1.165, 1.54) is 11.3 Å². The van der Waals surface area contributed by atoms with Crippen LogP contribution in [0.4, 0.5) is 5.69 Å². The van der Waals surface area contributed by atoms with Crippen molar-refractivity contribution in [1.29, 1.82) is 0 Å². The van der Waals surface area contributed by atoms with Crippen LogP contribution in [-0.2, 0) is 6.54 Å². The third kappa shape index (κ3) is 5.98. The van der Waals surface area contributed by atoms with Gasteiger partial charge in [0.2, 0.25) is 5.88 Å². The van der Waals surface area contributed by atoms with Crippen molar-refractivity contribution in [2.24, 2.45) is 4.99 Å². The second-order valence-corrected chi connectivity index (χ2v) is 6.54. The number of benzene rings is 1. The number of hydrogen-bond acceptors (Lipinski definition) is 4. The van der Waals surface area contributed by atoms with Gasteiger partial charge in [0, 0.05) is 50.7 Å². The molecule has 146 valence electrons. The normalized spacial score (nSPS) is 16.6. The van der Waals surface area contributed by atoms with Crippen LogP contribution < -0.4 is 20.3 Å². The third-order valence-electron chi connectivity index (χ3n) is 4.62. The fourth-order valence-corrected chi connectivity index (χ4v) is 3.11. The molecule has 1 unspecified atom stereocenters. The number of halogens is 1. The van der Waals surface area contributed by atoms with E-state index in [-0.39, 0.29) is 24.0 Å². The predicted octanol–water partition coefficient (Wildman–Crippen LogP) is 2.96. The molecule has 1 fully saturated rings. The molecule has 3 rings (SSSR count). The lowest BCUT2D eigenvalue weighted by Crippen LogP contribution is -2.44. The highest BCUT2D eigenvalue weighted by molar-refractivity contribution is 14.0. The number of aryl methyl sites for hydroxylation is 1. The molecule has 1 aromatic carbocycles. The zero-order valence-electron chi connectivity index (χ0n) is 16.1. The Bertz CT molecular complexity index is 750. The minimum Gasteiger partial charge on any atom is -0.481 e. The van der Waals surface area contributed by atoms with Gasteiger partial charge >= 0.3 is 0 Å². The summed E-state index contributed by atoms with van der Waals surface area (Å²) >= 11 is 0. The summed E-state index contributed by atoms with van der Waals surface area (Å²) in [5.41, 5.74) is 3.68. The molecule has 1 aromatic heterocycles. The Balaban J connectivity index is 0.00000261. The molecule has 7 heteroatoms. The van der Waals surface area contributed by atoms with E-state index in [1.54, 1.807) is 20.4 Å². The van der Waals surface area contributed by atoms with Gasteiger partial charge in [0.15, 0.2) is 5.96 Å². The summed E-state index contributed by atoms with van der Waals surface area (Å²) < 4.78 is 5.17. The van der Waals surface area contributed by atoms with Crippen molar-refractivity contribution in [2.45, 2.75) is 25.9 Å². The average molecular weight is 481 g/mol. The largest absolute Gasteiger partial charge is 0.481 e. The molecule has 1 atom stereocenters. The topological polar surface area (TPSA) is 61.8 Å². The van der Waals surface area contributed by atoms with Gasteiger partial charge in [-0.2, -0.15) is 0 Å². The van der Waals surface area contributed by atoms with E-state index in [2.05, 4.69) is 56.7 Å². The number of nitrogens with zero attached hydrogens (tertiary/aromatic N) is 3. The summed E-state index contributed by atoms with van der Waals surface area (Å²) in [7, 11) is 3.43. The monoisotopic (exact) mass is 481 g/mol. The van der Waals surface area contributed by atoms with Crippen LogP contribution in [0.25, 0.3) is 0 Å². The van der Waals surface area contributed by atoms with Crippen LogP contribution in [0.3, 0.4) is 0 Å². The van der Waals surface area contributed by atoms with E-state index in [9.17, 15) is 0 Å². The first-order valence-corrected chi connectivity index (χ1v) is 8.95. The highest BCUT2D eigenvalue weighted by Gasteiger charge is 2.23. The molecular formula is C20H28IN5O. The summed E-state index contributed by atoms with van der Waals surface area (Å²) in [6, 6.07) is 13.0. The number of guanidine groups is 1. The van der Waals surface area contributed by atoms with Gasteiger partial charge in [-0.25, -0.2) is 4.98 Å². The number of nitrogens with one attached hydrogen (secondary N) is 2. The van der Waals surface area contributed by atoms with Gasteiger partial charge in [0.1, 0.15) is 0 Å². The Morgan fingerprint density at radius 1 is 1.30 bits per heavy atom. The molecule has 2 N–H and O–H groups in total. The fourth-order valence-electron chi connectivity index (χ4n) is 3.11. The number of hydrogen-bond donors (Lipinski definition) is 2. The molecule has 1 saturated heterocycles. The summed E-state index contributed by atoms with van der Waals surface area (Å²) in [6.07, 6.45) is 2.85. The van der Waals surface area contributed by atoms with Crippen molar-refractivity contribution in [3.05, 3.63) is 53.7 Å². The number of methoxy groups -OCH3 is 1. The molecule has 0 radical (unpaired) electrons. The quantitative estimate of drug-likeness (QED) is 0.391. The number of aromatic nitrogens is 1. The first-order chi connectivity index (χ1) is 12.7. The van der Waals surface area contributed by atoms with Crippen molar-refractivity contribution in [2.75, 3.05) is 32.1 Å². The van der Waals surface area contributed by atoms with Crippen molar-refractivity contribution >= 4 is 35.6 Å². The predicted molar refractivity (Wildman–Crippen MR) is 121 cm³/mol. The van der Waals surface area contributed by atoms with Crippen molar-refractivity contribution in [3.8, 4) is 5.88 Å². The van der Waals surface area contributed by atoms with Crippen LogP contribution in [0.1, 0.15) is 17.5 Å². The van der Waals surface area contributed by atoms with E-state index in [0.717, 1.165) is 31.0 Å². The number of aliphatic imine (C=N–C) groups is 1. The second-order valence-electron chi connectivity index (χ2n) is 6.54. The Labute approximate surface area is 178 Å². The number of rotatable bonds is 5. The van der Waals surface area contributed by atoms with Gasteiger partial charge in [-0.1, -0.05) is 17.7 Å². The van der Waals surface area contributed by atoms with E-state index in [4.69, 9.17) is 4.74 Å². The molecule has 1 aliphatic heterocycles. The zero-order chi connectivity index (χ0) is 18.4. The molecule has 0 bridgehead atoms. The van der Waals surface area contributed by atoms with Crippen LogP contribution in [0.15, 0.2) is 47.6 Å². The summed E-state index contributed by atoms with van der Waals surface area (Å²) in [5, 5.41) is 6.89. The first kappa shape index (κ1) is 21.3. The lowest BCUT2D eigenvalue weighted by Gasteiger charge is -2.20. The van der Waals surface area contributed by atoms with Crippen LogP contribution in [0.5, 0.6) is 5.88 Å². The fraction of sp³-hybridized carbons (Fsp3) is 0.400. The molecule has 0 saturated carbocycles. The summed E-state index contributed by atoms with van der Waals surface area (Å²) in [6.45, 7) is 4.82. The Hall–Kier alpha value is -2.03. The molecule has 2 heterocycles. The smallest absolute Gasteiger partial charge is 0.213 e. The number of ether oxygens (including phenoxy) is 1. The number of pyridine rings is 1. The SMILES string of the molecule is CN=C(NCc1ccnc(OC)c1)NC1CCN(c2ccc(C)cc2)C1.I. The van der Waals surface area contributed by atoms with E-state index in [1.807, 2.05) is 12.1 Å². The van der Waals surface area contributed by atoms with Gasteiger partial charge in [0.25, 0.3) is 0 Å². The Morgan fingerprint density at radius 2 is 2.07 bits per heavy atom. The van der Waals surface area contributed by atoms with Gasteiger partial charge in [-0.15, -0.1) is 24.0 Å².